The number of likely N-dealkylation sites (N-methyl/N-ethyl adjacent to an activating group) is 1. The molecule has 1 unspecified atom stereocenters. The molecule has 2 N–H and O–H groups in total. The van der Waals surface area contributed by atoms with Gasteiger partial charge in [0.25, 0.3) is 0 Å². The number of fused-ring (bicyclic) bond motifs is 1. The lowest BCUT2D eigenvalue weighted by Gasteiger charge is -2.28. The zero-order valence-electron chi connectivity index (χ0n) is 10.8. The summed E-state index contributed by atoms with van der Waals surface area (Å²) in [7, 11) is 1.76. The summed E-state index contributed by atoms with van der Waals surface area (Å²) < 4.78 is 5.18. The Balaban J connectivity index is 2.14. The molecule has 2 rings (SSSR count). The van der Waals surface area contributed by atoms with Crippen molar-refractivity contribution in [3.8, 4) is 0 Å². The summed E-state index contributed by atoms with van der Waals surface area (Å²) in [5.41, 5.74) is 9.59. The number of ether oxygens (including phenoxy) is 1. The molecule has 0 aromatic heterocycles. The van der Waals surface area contributed by atoms with Crippen molar-refractivity contribution in [1.82, 2.24) is 4.90 Å². The summed E-state index contributed by atoms with van der Waals surface area (Å²) in [6, 6.07) is 6.88. The lowest BCUT2D eigenvalue weighted by Crippen LogP contribution is -2.30. The van der Waals surface area contributed by atoms with Gasteiger partial charge in [0.2, 0.25) is 0 Å². The van der Waals surface area contributed by atoms with Crippen LogP contribution < -0.4 is 5.73 Å². The van der Waals surface area contributed by atoms with Gasteiger partial charge in [0, 0.05) is 25.4 Å². The van der Waals surface area contributed by atoms with Gasteiger partial charge in [-0.15, -0.1) is 0 Å². The number of methoxy groups -OCH3 is 1. The number of nitrogens with zero attached hydrogens (tertiary/aromatic N) is 1. The lowest BCUT2D eigenvalue weighted by molar-refractivity contribution is 0.123. The van der Waals surface area contributed by atoms with Crippen LogP contribution in [0.15, 0.2) is 18.2 Å². The molecule has 0 heterocycles. The lowest BCUT2D eigenvalue weighted by atomic mass is 10.1. The van der Waals surface area contributed by atoms with E-state index in [9.17, 15) is 0 Å². The van der Waals surface area contributed by atoms with E-state index in [1.807, 2.05) is 6.07 Å². The zero-order chi connectivity index (χ0) is 12.3. The Morgan fingerprint density at radius 1 is 1.47 bits per heavy atom. The predicted octanol–water partition coefficient (Wildman–Crippen LogP) is 2.22. The molecule has 0 saturated carbocycles. The van der Waals surface area contributed by atoms with Gasteiger partial charge < -0.3 is 10.5 Å². The molecule has 1 aliphatic rings. The monoisotopic (exact) mass is 234 g/mol. The molecule has 0 aliphatic heterocycles. The van der Waals surface area contributed by atoms with Gasteiger partial charge in [-0.1, -0.05) is 13.0 Å². The Hall–Kier alpha value is -1.06. The second-order valence-corrected chi connectivity index (χ2v) is 4.63. The highest BCUT2D eigenvalue weighted by Crippen LogP contribution is 2.36. The van der Waals surface area contributed by atoms with Crippen LogP contribution in [0.4, 0.5) is 5.69 Å². The van der Waals surface area contributed by atoms with Gasteiger partial charge in [-0.25, -0.2) is 0 Å². The molecule has 1 aliphatic carbocycles. The minimum Gasteiger partial charge on any atom is -0.399 e. The van der Waals surface area contributed by atoms with Crippen LogP contribution in [0.1, 0.15) is 30.5 Å². The maximum atomic E-state index is 5.83. The summed E-state index contributed by atoms with van der Waals surface area (Å²) in [4.78, 5) is 2.49. The van der Waals surface area contributed by atoms with Crippen LogP contribution in [-0.2, 0) is 11.2 Å². The van der Waals surface area contributed by atoms with Crippen molar-refractivity contribution in [1.29, 1.82) is 0 Å². The smallest absolute Gasteiger partial charge is 0.0589 e. The van der Waals surface area contributed by atoms with Crippen molar-refractivity contribution >= 4 is 5.69 Å². The van der Waals surface area contributed by atoms with Gasteiger partial charge in [0.05, 0.1) is 6.61 Å². The van der Waals surface area contributed by atoms with Crippen LogP contribution in [0, 0.1) is 0 Å². The van der Waals surface area contributed by atoms with Crippen LogP contribution in [0.2, 0.25) is 0 Å². The van der Waals surface area contributed by atoms with Crippen LogP contribution in [0.3, 0.4) is 0 Å². The quantitative estimate of drug-likeness (QED) is 0.794. The Bertz CT molecular complexity index is 378. The van der Waals surface area contributed by atoms with E-state index in [0.29, 0.717) is 6.04 Å². The van der Waals surface area contributed by atoms with Crippen LogP contribution in [0.25, 0.3) is 0 Å². The first-order valence-electron chi connectivity index (χ1n) is 6.37. The van der Waals surface area contributed by atoms with Crippen LogP contribution in [0.5, 0.6) is 0 Å². The number of hydrogen-bond donors (Lipinski definition) is 1. The summed E-state index contributed by atoms with van der Waals surface area (Å²) >= 11 is 0. The molecule has 0 amide bonds. The number of aryl methyl sites for hydroxylation is 1. The number of nitrogen functional groups attached to an aromatic ring is 1. The molecule has 1 atom stereocenters. The van der Waals surface area contributed by atoms with Gasteiger partial charge in [-0.3, -0.25) is 4.90 Å². The SMILES string of the molecule is CCN(CCOC)C1CCc2cc(N)ccc21. The highest BCUT2D eigenvalue weighted by molar-refractivity contribution is 5.47. The molecular weight excluding hydrogens is 212 g/mol. The third-order valence-corrected chi connectivity index (χ3v) is 3.64. The van der Waals surface area contributed by atoms with Crippen molar-refractivity contribution in [3.63, 3.8) is 0 Å². The minimum atomic E-state index is 0.547. The van der Waals surface area contributed by atoms with Crippen molar-refractivity contribution in [2.75, 3.05) is 32.5 Å². The van der Waals surface area contributed by atoms with E-state index in [2.05, 4.69) is 24.0 Å². The fraction of sp³-hybridized carbons (Fsp3) is 0.571. The number of benzene rings is 1. The maximum Gasteiger partial charge on any atom is 0.0589 e. The van der Waals surface area contributed by atoms with E-state index >= 15 is 0 Å². The van der Waals surface area contributed by atoms with Gasteiger partial charge in [-0.2, -0.15) is 0 Å². The topological polar surface area (TPSA) is 38.5 Å². The first-order chi connectivity index (χ1) is 8.26. The van der Waals surface area contributed by atoms with Crippen LogP contribution in [-0.4, -0.2) is 31.7 Å². The second kappa shape index (κ2) is 5.52. The van der Waals surface area contributed by atoms with E-state index < -0.39 is 0 Å². The third-order valence-electron chi connectivity index (χ3n) is 3.64. The van der Waals surface area contributed by atoms with Gasteiger partial charge in [-0.05, 0) is 42.6 Å². The minimum absolute atomic E-state index is 0.547. The molecule has 3 nitrogen and oxygen atoms in total. The van der Waals surface area contributed by atoms with E-state index in [0.717, 1.165) is 31.8 Å². The Labute approximate surface area is 104 Å². The molecule has 94 valence electrons. The zero-order valence-corrected chi connectivity index (χ0v) is 10.8. The molecule has 3 heteroatoms. The van der Waals surface area contributed by atoms with Gasteiger partial charge in [0.15, 0.2) is 0 Å². The fourth-order valence-electron chi connectivity index (χ4n) is 2.74. The Morgan fingerprint density at radius 2 is 2.29 bits per heavy atom. The normalized spacial score (nSPS) is 18.6. The average molecular weight is 234 g/mol. The highest BCUT2D eigenvalue weighted by Gasteiger charge is 2.26. The number of anilines is 1. The average Bonchev–Trinajstić information content (AvgIpc) is 2.73. The highest BCUT2D eigenvalue weighted by atomic mass is 16.5. The van der Waals surface area contributed by atoms with Gasteiger partial charge >= 0.3 is 0 Å². The van der Waals surface area contributed by atoms with Crippen LogP contribution >= 0.6 is 0 Å². The van der Waals surface area contributed by atoms with Crippen molar-refractivity contribution in [2.45, 2.75) is 25.8 Å². The first-order valence-corrected chi connectivity index (χ1v) is 6.37. The van der Waals surface area contributed by atoms with E-state index in [1.54, 1.807) is 7.11 Å². The molecule has 17 heavy (non-hydrogen) atoms. The molecule has 1 aromatic rings. The number of hydrogen-bond acceptors (Lipinski definition) is 3. The summed E-state index contributed by atoms with van der Waals surface area (Å²) in [5, 5.41) is 0. The molecule has 1 aromatic carbocycles. The fourth-order valence-corrected chi connectivity index (χ4v) is 2.74. The molecule has 0 spiro atoms. The maximum absolute atomic E-state index is 5.83. The Kier molecular flexibility index (Phi) is 4.02. The molecule has 0 radical (unpaired) electrons. The third kappa shape index (κ3) is 2.61. The van der Waals surface area contributed by atoms with Gasteiger partial charge in [0.1, 0.15) is 0 Å². The predicted molar refractivity (Wildman–Crippen MR) is 71.0 cm³/mol. The number of rotatable bonds is 5. The molecule has 0 bridgehead atoms. The summed E-state index contributed by atoms with van der Waals surface area (Å²) in [6.07, 6.45) is 2.35. The molecule has 0 saturated heterocycles. The molecular formula is C14H22N2O. The van der Waals surface area contributed by atoms with E-state index in [-0.39, 0.29) is 0 Å². The largest absolute Gasteiger partial charge is 0.399 e. The van der Waals surface area contributed by atoms with Crippen molar-refractivity contribution in [2.24, 2.45) is 0 Å². The standard InChI is InChI=1S/C14H22N2O/c1-3-16(8-9-17-2)14-7-4-11-10-12(15)5-6-13(11)14/h5-6,10,14H,3-4,7-9,15H2,1-2H3. The number of nitrogens with two attached hydrogens (primary N) is 1. The summed E-state index contributed by atoms with van der Waals surface area (Å²) in [6.45, 7) is 5.08. The van der Waals surface area contributed by atoms with E-state index in [1.165, 1.54) is 17.5 Å². The summed E-state index contributed by atoms with van der Waals surface area (Å²) in [5.74, 6) is 0. The van der Waals surface area contributed by atoms with Crippen molar-refractivity contribution < 1.29 is 4.74 Å². The first kappa shape index (κ1) is 12.4. The Morgan fingerprint density at radius 3 is 3.00 bits per heavy atom. The van der Waals surface area contributed by atoms with E-state index in [4.69, 9.17) is 10.5 Å². The van der Waals surface area contributed by atoms with Crippen molar-refractivity contribution in [3.05, 3.63) is 29.3 Å². The second-order valence-electron chi connectivity index (χ2n) is 4.63. The molecule has 0 fully saturated rings.